The number of H-pyrrole nitrogens is 1. The molecule has 0 atom stereocenters. The molecule has 0 aliphatic carbocycles. The number of nitrogens with one attached hydrogen (secondary N) is 2. The zero-order chi connectivity index (χ0) is 16.6. The van der Waals surface area contributed by atoms with Crippen molar-refractivity contribution in [3.63, 3.8) is 0 Å². The highest BCUT2D eigenvalue weighted by atomic mass is 16.2. The molecule has 3 aromatic rings. The lowest BCUT2D eigenvalue weighted by Crippen LogP contribution is -2.32. The number of benzene rings is 1. The number of aryl methyl sites for hydroxylation is 2. The second-order valence-electron chi connectivity index (χ2n) is 5.85. The van der Waals surface area contributed by atoms with Crippen LogP contribution in [-0.4, -0.2) is 20.7 Å². The van der Waals surface area contributed by atoms with Crippen LogP contribution in [-0.2, 0) is 20.5 Å². The van der Waals surface area contributed by atoms with Gasteiger partial charge in [-0.2, -0.15) is 0 Å². The Bertz CT molecular complexity index is 947. The molecule has 120 valence electrons. The van der Waals surface area contributed by atoms with Crippen LogP contribution in [0.5, 0.6) is 0 Å². The molecule has 23 heavy (non-hydrogen) atoms. The molecular formula is C17H20N4O2. The molecule has 0 aliphatic heterocycles. The molecule has 2 N–H and O–H groups in total. The van der Waals surface area contributed by atoms with Crippen LogP contribution < -0.4 is 16.6 Å². The van der Waals surface area contributed by atoms with E-state index in [1.165, 1.54) is 35.1 Å². The molecule has 0 radical (unpaired) electrons. The second-order valence-corrected chi connectivity index (χ2v) is 5.85. The predicted molar refractivity (Wildman–Crippen MR) is 92.2 cm³/mol. The zero-order valence-electron chi connectivity index (χ0n) is 13.5. The molecule has 0 amide bonds. The molecular weight excluding hydrogens is 292 g/mol. The first-order valence-corrected chi connectivity index (χ1v) is 7.54. The highest BCUT2D eigenvalue weighted by molar-refractivity contribution is 5.84. The van der Waals surface area contributed by atoms with E-state index in [0.29, 0.717) is 12.4 Å². The number of hydrogen-bond acceptors (Lipinski definition) is 3. The maximum atomic E-state index is 11.6. The van der Waals surface area contributed by atoms with Gasteiger partial charge in [0.2, 0.25) is 0 Å². The second kappa shape index (κ2) is 5.79. The Hall–Kier alpha value is -2.76. The van der Waals surface area contributed by atoms with Gasteiger partial charge in [-0.3, -0.25) is 14.3 Å². The Morgan fingerprint density at radius 1 is 1.17 bits per heavy atom. The van der Waals surface area contributed by atoms with Gasteiger partial charge in [-0.25, -0.2) is 4.79 Å². The van der Waals surface area contributed by atoms with Gasteiger partial charge in [-0.1, -0.05) is 12.1 Å². The van der Waals surface area contributed by atoms with Crippen LogP contribution in [0.15, 0.2) is 40.1 Å². The third kappa shape index (κ3) is 2.92. The van der Waals surface area contributed by atoms with E-state index in [2.05, 4.69) is 46.2 Å². The molecule has 6 heteroatoms. The molecule has 1 aromatic carbocycles. The van der Waals surface area contributed by atoms with Crippen LogP contribution in [0.3, 0.4) is 0 Å². The average Bonchev–Trinajstić information content (AvgIpc) is 2.81. The van der Waals surface area contributed by atoms with Crippen LogP contribution in [0.2, 0.25) is 0 Å². The smallest absolute Gasteiger partial charge is 0.329 e. The number of fused-ring (bicyclic) bond motifs is 1. The van der Waals surface area contributed by atoms with Gasteiger partial charge in [0, 0.05) is 43.8 Å². The van der Waals surface area contributed by atoms with E-state index < -0.39 is 5.69 Å². The minimum Gasteiger partial charge on any atom is -0.371 e. The zero-order valence-corrected chi connectivity index (χ0v) is 13.5. The lowest BCUT2D eigenvalue weighted by atomic mass is 10.1. The van der Waals surface area contributed by atoms with Crippen molar-refractivity contribution < 1.29 is 0 Å². The Kier molecular flexibility index (Phi) is 3.82. The van der Waals surface area contributed by atoms with E-state index in [4.69, 9.17) is 0 Å². The van der Waals surface area contributed by atoms with Gasteiger partial charge < -0.3 is 9.88 Å². The summed E-state index contributed by atoms with van der Waals surface area (Å²) in [4.78, 5) is 25.8. The van der Waals surface area contributed by atoms with Crippen molar-refractivity contribution in [1.29, 1.82) is 0 Å². The number of aromatic amines is 1. The van der Waals surface area contributed by atoms with Gasteiger partial charge in [-0.15, -0.1) is 0 Å². The quantitative estimate of drug-likeness (QED) is 0.767. The van der Waals surface area contributed by atoms with E-state index in [0.717, 1.165) is 11.0 Å². The molecule has 2 aromatic heterocycles. The maximum absolute atomic E-state index is 11.6. The molecule has 0 spiro atoms. The molecule has 0 saturated heterocycles. The molecule has 0 saturated carbocycles. The van der Waals surface area contributed by atoms with E-state index in [-0.39, 0.29) is 5.56 Å². The van der Waals surface area contributed by atoms with Crippen molar-refractivity contribution in [3.8, 4) is 0 Å². The van der Waals surface area contributed by atoms with Crippen molar-refractivity contribution in [2.45, 2.75) is 13.3 Å². The van der Waals surface area contributed by atoms with E-state index in [9.17, 15) is 9.59 Å². The van der Waals surface area contributed by atoms with Crippen LogP contribution in [0.25, 0.3) is 10.9 Å². The third-order valence-electron chi connectivity index (χ3n) is 4.08. The standard InChI is InChI=1S/C17H20N4O2/c1-11-4-5-13-12(10-20(2)14(13)8-11)6-7-18-15-9-16(22)21(3)17(23)19-15/h4-5,8-10,18H,6-7H2,1-3H3,(H,19,23). The van der Waals surface area contributed by atoms with Gasteiger partial charge >= 0.3 is 5.69 Å². The normalized spacial score (nSPS) is 11.1. The topological polar surface area (TPSA) is 71.8 Å². The largest absolute Gasteiger partial charge is 0.371 e. The average molecular weight is 312 g/mol. The molecule has 0 aliphatic rings. The molecule has 2 heterocycles. The summed E-state index contributed by atoms with van der Waals surface area (Å²) in [5, 5.41) is 4.34. The highest BCUT2D eigenvalue weighted by Crippen LogP contribution is 2.22. The Morgan fingerprint density at radius 3 is 2.70 bits per heavy atom. The number of anilines is 1. The predicted octanol–water partition coefficient (Wildman–Crippen LogP) is 1.53. The fourth-order valence-electron chi connectivity index (χ4n) is 2.76. The Balaban J connectivity index is 1.77. The van der Waals surface area contributed by atoms with Gasteiger partial charge in [0.05, 0.1) is 0 Å². The first-order valence-electron chi connectivity index (χ1n) is 7.54. The maximum Gasteiger partial charge on any atom is 0.329 e. The van der Waals surface area contributed by atoms with E-state index in [1.807, 2.05) is 7.05 Å². The van der Waals surface area contributed by atoms with Crippen LogP contribution >= 0.6 is 0 Å². The van der Waals surface area contributed by atoms with Gasteiger partial charge in [0.25, 0.3) is 5.56 Å². The molecule has 0 fully saturated rings. The summed E-state index contributed by atoms with van der Waals surface area (Å²) < 4.78 is 3.16. The number of aromatic nitrogens is 3. The van der Waals surface area contributed by atoms with Crippen LogP contribution in [0, 0.1) is 6.92 Å². The van der Waals surface area contributed by atoms with Gasteiger partial charge in [0.1, 0.15) is 5.82 Å². The van der Waals surface area contributed by atoms with Crippen molar-refractivity contribution in [2.75, 3.05) is 11.9 Å². The first kappa shape index (κ1) is 15.1. The lowest BCUT2D eigenvalue weighted by Gasteiger charge is -2.06. The number of hydrogen-bond donors (Lipinski definition) is 2. The summed E-state index contributed by atoms with van der Waals surface area (Å²) in [6.07, 6.45) is 2.93. The summed E-state index contributed by atoms with van der Waals surface area (Å²) in [6.45, 7) is 2.72. The minimum atomic E-state index is -0.416. The fourth-order valence-corrected chi connectivity index (χ4v) is 2.76. The van der Waals surface area contributed by atoms with Crippen molar-refractivity contribution in [1.82, 2.24) is 14.1 Å². The first-order chi connectivity index (χ1) is 11.0. The summed E-state index contributed by atoms with van der Waals surface area (Å²) >= 11 is 0. The Morgan fingerprint density at radius 2 is 1.96 bits per heavy atom. The van der Waals surface area contributed by atoms with Crippen LogP contribution in [0.4, 0.5) is 5.82 Å². The summed E-state index contributed by atoms with van der Waals surface area (Å²) in [5.41, 5.74) is 2.95. The van der Waals surface area contributed by atoms with Gasteiger partial charge in [-0.05, 0) is 30.5 Å². The SMILES string of the molecule is Cc1ccc2c(CCNc3cc(=O)n(C)c(=O)[nH]3)cn(C)c2c1. The van der Waals surface area contributed by atoms with Crippen molar-refractivity contribution in [3.05, 3.63) is 62.4 Å². The van der Waals surface area contributed by atoms with E-state index >= 15 is 0 Å². The monoisotopic (exact) mass is 312 g/mol. The van der Waals surface area contributed by atoms with Gasteiger partial charge in [0.15, 0.2) is 0 Å². The fraction of sp³-hybridized carbons (Fsp3) is 0.294. The van der Waals surface area contributed by atoms with Crippen LogP contribution in [0.1, 0.15) is 11.1 Å². The van der Waals surface area contributed by atoms with Crippen molar-refractivity contribution in [2.24, 2.45) is 14.1 Å². The third-order valence-corrected chi connectivity index (χ3v) is 4.08. The molecule has 0 unspecified atom stereocenters. The summed E-state index contributed by atoms with van der Waals surface area (Å²) in [7, 11) is 3.49. The molecule has 0 bridgehead atoms. The number of rotatable bonds is 4. The summed E-state index contributed by atoms with van der Waals surface area (Å²) in [5.74, 6) is 0.453. The number of nitrogens with zero attached hydrogens (tertiary/aromatic N) is 2. The molecule has 6 nitrogen and oxygen atoms in total. The minimum absolute atomic E-state index is 0.322. The summed E-state index contributed by atoms with van der Waals surface area (Å²) in [6, 6.07) is 7.82. The lowest BCUT2D eigenvalue weighted by molar-refractivity contribution is 0.775. The van der Waals surface area contributed by atoms with Crippen molar-refractivity contribution >= 4 is 16.7 Å². The van der Waals surface area contributed by atoms with E-state index in [1.54, 1.807) is 0 Å². The Labute approximate surface area is 133 Å². The molecule has 3 rings (SSSR count). The highest BCUT2D eigenvalue weighted by Gasteiger charge is 2.07.